The van der Waals surface area contributed by atoms with E-state index < -0.39 is 0 Å². The van der Waals surface area contributed by atoms with Gasteiger partial charge in [0, 0.05) is 23.5 Å². The summed E-state index contributed by atoms with van der Waals surface area (Å²) < 4.78 is 5.50. The number of benzene rings is 1. The van der Waals surface area contributed by atoms with Gasteiger partial charge in [0.1, 0.15) is 0 Å². The molecule has 2 N–H and O–H groups in total. The van der Waals surface area contributed by atoms with Gasteiger partial charge < -0.3 is 10.3 Å². The van der Waals surface area contributed by atoms with Crippen LogP contribution in [-0.2, 0) is 11.2 Å². The first-order valence-corrected chi connectivity index (χ1v) is 8.02. The second-order valence-corrected chi connectivity index (χ2v) is 7.39. The van der Waals surface area contributed by atoms with Gasteiger partial charge in [-0.2, -0.15) is 0 Å². The molecule has 0 bridgehead atoms. The lowest BCUT2D eigenvalue weighted by Gasteiger charge is -2.30. The Balaban J connectivity index is 1.83. The Hall–Kier alpha value is -2.36. The van der Waals surface area contributed by atoms with Crippen LogP contribution in [0.5, 0.6) is 0 Å². The fourth-order valence-corrected chi connectivity index (χ4v) is 4.00. The Labute approximate surface area is 135 Å². The number of nitrogen functional groups attached to an aromatic ring is 1. The van der Waals surface area contributed by atoms with E-state index in [0.717, 1.165) is 35.3 Å². The normalized spacial score (nSPS) is 22.2. The van der Waals surface area contributed by atoms with Gasteiger partial charge in [0.25, 0.3) is 0 Å². The minimum absolute atomic E-state index is 0.0303. The summed E-state index contributed by atoms with van der Waals surface area (Å²) in [6.07, 6.45) is 2.17. The third-order valence-corrected chi connectivity index (χ3v) is 4.93. The first kappa shape index (κ1) is 14.2. The molecule has 1 unspecified atom stereocenters. The fraction of sp³-hybridized carbons (Fsp3) is 0.368. The smallest absolute Gasteiger partial charge is 0.171 e. The van der Waals surface area contributed by atoms with Crippen LogP contribution in [0, 0.1) is 5.41 Å². The van der Waals surface area contributed by atoms with Crippen molar-refractivity contribution in [1.29, 1.82) is 0 Å². The minimum atomic E-state index is -0.0453. The van der Waals surface area contributed by atoms with Crippen molar-refractivity contribution in [2.45, 2.75) is 39.0 Å². The zero-order chi connectivity index (χ0) is 16.2. The maximum Gasteiger partial charge on any atom is 0.171 e. The topological polar surface area (TPSA) is 69.1 Å². The monoisotopic (exact) mass is 308 g/mol. The van der Waals surface area contributed by atoms with Crippen LogP contribution in [0.2, 0.25) is 0 Å². The summed E-state index contributed by atoms with van der Waals surface area (Å²) in [5.74, 6) is 1.35. The summed E-state index contributed by atoms with van der Waals surface area (Å²) in [5.41, 5.74) is 10.0. The predicted octanol–water partition coefficient (Wildman–Crippen LogP) is 3.74. The van der Waals surface area contributed by atoms with E-state index in [9.17, 15) is 4.79 Å². The van der Waals surface area contributed by atoms with Crippen LogP contribution in [-0.4, -0.2) is 10.9 Å². The van der Waals surface area contributed by atoms with Crippen LogP contribution in [0.3, 0.4) is 0 Å². The van der Waals surface area contributed by atoms with E-state index in [4.69, 9.17) is 10.3 Å². The Morgan fingerprint density at radius 1 is 1.26 bits per heavy atom. The molecule has 1 heterocycles. The zero-order valence-corrected chi connectivity index (χ0v) is 13.4. The Kier molecular flexibility index (Phi) is 2.98. The molecule has 0 fully saturated rings. The molecule has 4 heteroatoms. The standard InChI is InChI=1S/C19H20N2O2/c1-19(2)9-13-15(14(22)10-19)12(8-11-6-4-3-5-7-11)16-17(13)23-21-18(16)20/h3-7,12H,8-10H2,1-2H3,(H2,20,21). The van der Waals surface area contributed by atoms with E-state index in [1.807, 2.05) is 18.2 Å². The molecule has 1 atom stereocenters. The number of nitrogens with two attached hydrogens (primary N) is 1. The number of carbonyl (C=O) groups excluding carboxylic acids is 1. The number of allylic oxidation sites excluding steroid dienone is 2. The summed E-state index contributed by atoms with van der Waals surface area (Å²) in [4.78, 5) is 12.8. The molecule has 4 nitrogen and oxygen atoms in total. The maximum absolute atomic E-state index is 12.8. The number of Topliss-reactive ketones (excluding diaryl/α,β-unsaturated/α-hetero) is 1. The number of rotatable bonds is 2. The molecule has 4 rings (SSSR count). The third-order valence-electron chi connectivity index (χ3n) is 4.93. The van der Waals surface area contributed by atoms with Crippen molar-refractivity contribution < 1.29 is 9.32 Å². The predicted molar refractivity (Wildman–Crippen MR) is 88.7 cm³/mol. The van der Waals surface area contributed by atoms with Crippen molar-refractivity contribution >= 4 is 17.2 Å². The van der Waals surface area contributed by atoms with Gasteiger partial charge in [-0.25, -0.2) is 0 Å². The molecular formula is C19H20N2O2. The van der Waals surface area contributed by atoms with E-state index in [1.165, 1.54) is 5.56 Å². The summed E-state index contributed by atoms with van der Waals surface area (Å²) >= 11 is 0. The summed E-state index contributed by atoms with van der Waals surface area (Å²) in [7, 11) is 0. The number of carbonyl (C=O) groups is 1. The highest BCUT2D eigenvalue weighted by atomic mass is 16.5. The van der Waals surface area contributed by atoms with Gasteiger partial charge in [-0.1, -0.05) is 49.3 Å². The highest BCUT2D eigenvalue weighted by Crippen LogP contribution is 2.54. The lowest BCUT2D eigenvalue weighted by atomic mass is 9.72. The van der Waals surface area contributed by atoms with Crippen molar-refractivity contribution in [1.82, 2.24) is 5.16 Å². The largest absolute Gasteiger partial charge is 0.381 e. The van der Waals surface area contributed by atoms with Crippen LogP contribution >= 0.6 is 0 Å². The number of ketones is 1. The second kappa shape index (κ2) is 4.82. The molecule has 0 saturated heterocycles. The van der Waals surface area contributed by atoms with Crippen molar-refractivity contribution in [3.63, 3.8) is 0 Å². The first-order chi connectivity index (χ1) is 11.0. The Bertz CT molecular complexity index is 815. The Morgan fingerprint density at radius 2 is 2.00 bits per heavy atom. The summed E-state index contributed by atoms with van der Waals surface area (Å²) in [6.45, 7) is 4.25. The first-order valence-electron chi connectivity index (χ1n) is 8.02. The zero-order valence-electron chi connectivity index (χ0n) is 13.4. The van der Waals surface area contributed by atoms with Gasteiger partial charge >= 0.3 is 0 Å². The molecule has 2 aliphatic rings. The van der Waals surface area contributed by atoms with E-state index in [1.54, 1.807) is 0 Å². The van der Waals surface area contributed by atoms with Crippen LogP contribution in [0.1, 0.15) is 49.5 Å². The molecule has 0 amide bonds. The average Bonchev–Trinajstić information content (AvgIpc) is 2.99. The molecule has 0 spiro atoms. The third kappa shape index (κ3) is 2.21. The summed E-state index contributed by atoms with van der Waals surface area (Å²) in [5, 5.41) is 3.95. The molecule has 1 aromatic carbocycles. The van der Waals surface area contributed by atoms with Crippen molar-refractivity contribution in [3.05, 3.63) is 52.8 Å². The number of nitrogens with zero attached hydrogens (tertiary/aromatic N) is 1. The van der Waals surface area contributed by atoms with E-state index in [2.05, 4.69) is 31.1 Å². The molecule has 118 valence electrons. The van der Waals surface area contributed by atoms with Gasteiger partial charge in [0.05, 0.1) is 5.56 Å². The molecule has 0 saturated carbocycles. The van der Waals surface area contributed by atoms with E-state index in [0.29, 0.717) is 12.2 Å². The van der Waals surface area contributed by atoms with Crippen LogP contribution in [0.25, 0.3) is 5.57 Å². The fourth-order valence-electron chi connectivity index (χ4n) is 4.00. The van der Waals surface area contributed by atoms with Crippen molar-refractivity contribution in [2.75, 3.05) is 5.73 Å². The van der Waals surface area contributed by atoms with Gasteiger partial charge in [-0.15, -0.1) is 0 Å². The quantitative estimate of drug-likeness (QED) is 0.917. The SMILES string of the molecule is CC1(C)CC(=O)C2=C(C1)c1onc(N)c1C2Cc1ccccc1. The van der Waals surface area contributed by atoms with E-state index >= 15 is 0 Å². The van der Waals surface area contributed by atoms with Crippen molar-refractivity contribution in [2.24, 2.45) is 5.41 Å². The molecule has 2 aliphatic carbocycles. The molecule has 1 aromatic heterocycles. The molecule has 0 radical (unpaired) electrons. The number of anilines is 1. The molecular weight excluding hydrogens is 288 g/mol. The van der Waals surface area contributed by atoms with Gasteiger partial charge in [0.2, 0.25) is 0 Å². The number of aromatic nitrogens is 1. The van der Waals surface area contributed by atoms with Crippen LogP contribution < -0.4 is 5.73 Å². The second-order valence-electron chi connectivity index (χ2n) is 7.39. The molecule has 2 aromatic rings. The van der Waals surface area contributed by atoms with Crippen LogP contribution in [0.15, 0.2) is 40.4 Å². The van der Waals surface area contributed by atoms with Crippen molar-refractivity contribution in [3.8, 4) is 0 Å². The number of fused-ring (bicyclic) bond motifs is 2. The van der Waals surface area contributed by atoms with Gasteiger partial charge in [0.15, 0.2) is 17.4 Å². The number of hydrogen-bond donors (Lipinski definition) is 1. The van der Waals surface area contributed by atoms with Crippen LogP contribution in [0.4, 0.5) is 5.82 Å². The molecule has 0 aliphatic heterocycles. The highest BCUT2D eigenvalue weighted by Gasteiger charge is 2.45. The highest BCUT2D eigenvalue weighted by molar-refractivity contribution is 6.08. The lowest BCUT2D eigenvalue weighted by Crippen LogP contribution is -2.25. The van der Waals surface area contributed by atoms with E-state index in [-0.39, 0.29) is 17.1 Å². The molecule has 23 heavy (non-hydrogen) atoms. The minimum Gasteiger partial charge on any atom is -0.381 e. The summed E-state index contributed by atoms with van der Waals surface area (Å²) in [6, 6.07) is 10.2. The average molecular weight is 308 g/mol. The maximum atomic E-state index is 12.8. The van der Waals surface area contributed by atoms with Gasteiger partial charge in [-0.3, -0.25) is 4.79 Å². The Morgan fingerprint density at radius 3 is 2.74 bits per heavy atom. The number of hydrogen-bond acceptors (Lipinski definition) is 4. The van der Waals surface area contributed by atoms with Gasteiger partial charge in [-0.05, 0) is 23.8 Å². The lowest BCUT2D eigenvalue weighted by molar-refractivity contribution is -0.118.